The van der Waals surface area contributed by atoms with E-state index in [1.165, 1.54) is 11.8 Å². The normalized spacial score (nSPS) is 18.6. The van der Waals surface area contributed by atoms with Gasteiger partial charge in [0.1, 0.15) is 11.5 Å². The number of rotatable bonds is 2. The molecule has 1 aliphatic carbocycles. The lowest BCUT2D eigenvalue weighted by Gasteiger charge is -2.02. The molecule has 0 fully saturated rings. The second-order valence-electron chi connectivity index (χ2n) is 5.28. The van der Waals surface area contributed by atoms with Crippen molar-refractivity contribution >= 4 is 29.2 Å². The summed E-state index contributed by atoms with van der Waals surface area (Å²) in [7, 11) is 0. The molecule has 22 heavy (non-hydrogen) atoms. The van der Waals surface area contributed by atoms with Crippen molar-refractivity contribution in [2.24, 2.45) is 0 Å². The predicted molar refractivity (Wildman–Crippen MR) is 89.7 cm³/mol. The minimum atomic E-state index is 0.0790. The molecule has 0 saturated carbocycles. The third-order valence-corrected chi connectivity index (χ3v) is 4.85. The van der Waals surface area contributed by atoms with E-state index in [9.17, 15) is 4.79 Å². The van der Waals surface area contributed by atoms with Crippen LogP contribution in [-0.2, 0) is 0 Å². The van der Waals surface area contributed by atoms with Crippen LogP contribution in [0.25, 0.3) is 11.6 Å². The number of furan rings is 1. The van der Waals surface area contributed by atoms with Gasteiger partial charge < -0.3 is 4.42 Å². The molecule has 0 saturated heterocycles. The Hall–Kier alpha value is -2.26. The molecule has 1 aliphatic heterocycles. The molecule has 1 aromatic carbocycles. The number of fused-ring (bicyclic) bond motifs is 1. The molecule has 2 nitrogen and oxygen atoms in total. The zero-order valence-corrected chi connectivity index (χ0v) is 12.7. The van der Waals surface area contributed by atoms with E-state index in [0.717, 1.165) is 45.3 Å². The van der Waals surface area contributed by atoms with Gasteiger partial charge in [-0.2, -0.15) is 0 Å². The zero-order valence-electron chi connectivity index (χ0n) is 11.9. The highest BCUT2D eigenvalue weighted by Crippen LogP contribution is 2.40. The van der Waals surface area contributed by atoms with Crippen LogP contribution in [-0.4, -0.2) is 5.78 Å². The molecule has 2 aromatic rings. The van der Waals surface area contributed by atoms with Gasteiger partial charge >= 0.3 is 0 Å². The Morgan fingerprint density at radius 1 is 1.09 bits per heavy atom. The second kappa shape index (κ2) is 5.50. The molecule has 0 radical (unpaired) electrons. The number of thioether (sulfide) groups is 1. The zero-order chi connectivity index (χ0) is 14.9. The molecule has 0 bridgehead atoms. The Balaban J connectivity index is 1.62. The van der Waals surface area contributed by atoms with Gasteiger partial charge in [0.15, 0.2) is 0 Å². The summed E-state index contributed by atoms with van der Waals surface area (Å²) in [5, 5.41) is 0. The number of allylic oxidation sites excluding steroid dienone is 5. The largest absolute Gasteiger partial charge is 0.457 e. The van der Waals surface area contributed by atoms with Gasteiger partial charge in [-0.05, 0) is 43.2 Å². The van der Waals surface area contributed by atoms with Crippen LogP contribution in [0.4, 0.5) is 0 Å². The van der Waals surface area contributed by atoms with E-state index in [-0.39, 0.29) is 5.78 Å². The Bertz CT molecular complexity index is 837. The topological polar surface area (TPSA) is 30.2 Å². The predicted octanol–water partition coefficient (Wildman–Crippen LogP) is 5.34. The molecule has 1 aromatic heterocycles. The maximum atomic E-state index is 12.4. The smallest absolute Gasteiger partial charge is 0.200 e. The third kappa shape index (κ3) is 2.38. The van der Waals surface area contributed by atoms with Crippen molar-refractivity contribution in [3.63, 3.8) is 0 Å². The van der Waals surface area contributed by atoms with E-state index in [1.807, 2.05) is 42.5 Å². The highest BCUT2D eigenvalue weighted by Gasteiger charge is 2.25. The molecule has 0 N–H and O–H groups in total. The van der Waals surface area contributed by atoms with Crippen LogP contribution >= 0.6 is 11.8 Å². The summed E-state index contributed by atoms with van der Waals surface area (Å²) < 4.78 is 5.87. The van der Waals surface area contributed by atoms with Crippen LogP contribution in [0, 0.1) is 0 Å². The van der Waals surface area contributed by atoms with Gasteiger partial charge in [0.2, 0.25) is 5.78 Å². The van der Waals surface area contributed by atoms with E-state index in [4.69, 9.17) is 4.42 Å². The fourth-order valence-electron chi connectivity index (χ4n) is 2.65. The van der Waals surface area contributed by atoms with Crippen molar-refractivity contribution in [2.45, 2.75) is 17.7 Å². The molecule has 108 valence electrons. The summed E-state index contributed by atoms with van der Waals surface area (Å²) in [6.45, 7) is 0. The van der Waals surface area contributed by atoms with E-state index in [2.05, 4.69) is 18.2 Å². The lowest BCUT2D eigenvalue weighted by molar-refractivity contribution is 0.104. The highest BCUT2D eigenvalue weighted by atomic mass is 32.2. The maximum Gasteiger partial charge on any atom is 0.200 e. The molecule has 0 amide bonds. The Kier molecular flexibility index (Phi) is 3.35. The highest BCUT2D eigenvalue weighted by molar-refractivity contribution is 8.04. The molecule has 2 aliphatic rings. The molecule has 0 unspecified atom stereocenters. The molecule has 0 atom stereocenters. The molecule has 4 rings (SSSR count). The molecular weight excluding hydrogens is 292 g/mol. The third-order valence-electron chi connectivity index (χ3n) is 3.76. The maximum absolute atomic E-state index is 12.4. The van der Waals surface area contributed by atoms with Crippen molar-refractivity contribution in [2.75, 3.05) is 0 Å². The summed E-state index contributed by atoms with van der Waals surface area (Å²) in [6.07, 6.45) is 10.4. The van der Waals surface area contributed by atoms with E-state index in [1.54, 1.807) is 0 Å². The van der Waals surface area contributed by atoms with Gasteiger partial charge in [-0.25, -0.2) is 0 Å². The molecular formula is C19H14O2S. The number of Topliss-reactive ketones (excluding diaryl/α,β-unsaturated/α-hetero) is 1. The fraction of sp³-hybridized carbons (Fsp3) is 0.105. The summed E-state index contributed by atoms with van der Waals surface area (Å²) in [4.78, 5) is 14.1. The molecule has 3 heteroatoms. The summed E-state index contributed by atoms with van der Waals surface area (Å²) in [6, 6.07) is 11.6. The Morgan fingerprint density at radius 2 is 2.00 bits per heavy atom. The molecule has 0 spiro atoms. The van der Waals surface area contributed by atoms with Crippen LogP contribution in [0.15, 0.2) is 68.8 Å². The number of carbonyl (C=O) groups excluding carboxylic acids is 1. The van der Waals surface area contributed by atoms with Crippen LogP contribution in [0.2, 0.25) is 0 Å². The van der Waals surface area contributed by atoms with Gasteiger partial charge in [-0.15, -0.1) is 0 Å². The quantitative estimate of drug-likeness (QED) is 0.701. The van der Waals surface area contributed by atoms with Crippen LogP contribution in [0.3, 0.4) is 0 Å². The standard InChI is InChI=1S/C19H14O2S/c20-19-15-8-4-5-9-17(15)22-18(19)12-14-10-11-16(21-14)13-6-2-1-3-7-13/h2,4-12H,1,3H2/b18-12-. The first-order valence-corrected chi connectivity index (χ1v) is 8.13. The van der Waals surface area contributed by atoms with Gasteiger partial charge in [-0.1, -0.05) is 42.1 Å². The van der Waals surface area contributed by atoms with Crippen molar-refractivity contribution in [1.29, 1.82) is 0 Å². The van der Waals surface area contributed by atoms with Crippen molar-refractivity contribution < 1.29 is 9.21 Å². The summed E-state index contributed by atoms with van der Waals surface area (Å²) >= 11 is 1.51. The minimum absolute atomic E-state index is 0.0790. The van der Waals surface area contributed by atoms with E-state index >= 15 is 0 Å². The van der Waals surface area contributed by atoms with Gasteiger partial charge in [0.05, 0.1) is 4.91 Å². The van der Waals surface area contributed by atoms with Crippen molar-refractivity contribution in [3.05, 3.63) is 76.6 Å². The first-order chi connectivity index (χ1) is 10.8. The first-order valence-electron chi connectivity index (χ1n) is 7.31. The Labute approximate surface area is 133 Å². The monoisotopic (exact) mass is 306 g/mol. The van der Waals surface area contributed by atoms with E-state index in [0.29, 0.717) is 0 Å². The number of benzene rings is 1. The van der Waals surface area contributed by atoms with E-state index < -0.39 is 0 Å². The van der Waals surface area contributed by atoms with Gasteiger partial charge in [0.25, 0.3) is 0 Å². The first kappa shape index (κ1) is 13.4. The number of hydrogen-bond acceptors (Lipinski definition) is 3. The SMILES string of the molecule is O=C1/C(=C/c2ccc(C3=CCCC=C3)o2)Sc2ccccc21. The van der Waals surface area contributed by atoms with Crippen LogP contribution < -0.4 is 0 Å². The van der Waals surface area contributed by atoms with Crippen LogP contribution in [0.1, 0.15) is 34.7 Å². The lowest BCUT2D eigenvalue weighted by Crippen LogP contribution is -1.93. The number of hydrogen-bond donors (Lipinski definition) is 0. The van der Waals surface area contributed by atoms with Gasteiger partial charge in [-0.3, -0.25) is 4.79 Å². The van der Waals surface area contributed by atoms with Crippen molar-refractivity contribution in [3.8, 4) is 0 Å². The summed E-state index contributed by atoms with van der Waals surface area (Å²) in [5.74, 6) is 1.66. The minimum Gasteiger partial charge on any atom is -0.457 e. The fourth-order valence-corrected chi connectivity index (χ4v) is 3.68. The lowest BCUT2D eigenvalue weighted by atomic mass is 10.1. The number of carbonyl (C=O) groups is 1. The van der Waals surface area contributed by atoms with Crippen LogP contribution in [0.5, 0.6) is 0 Å². The number of ketones is 1. The average molecular weight is 306 g/mol. The van der Waals surface area contributed by atoms with Gasteiger partial charge in [0, 0.05) is 16.0 Å². The summed E-state index contributed by atoms with van der Waals surface area (Å²) in [5.41, 5.74) is 1.90. The second-order valence-corrected chi connectivity index (χ2v) is 6.36. The average Bonchev–Trinajstić information content (AvgIpc) is 3.15. The van der Waals surface area contributed by atoms with Crippen molar-refractivity contribution in [1.82, 2.24) is 0 Å². The Morgan fingerprint density at radius 3 is 2.82 bits per heavy atom. The molecule has 2 heterocycles.